The van der Waals surface area contributed by atoms with E-state index >= 15 is 0 Å². The van der Waals surface area contributed by atoms with E-state index in [1.807, 2.05) is 7.05 Å². The Kier molecular flexibility index (Phi) is 5.58. The number of guanidine groups is 1. The summed E-state index contributed by atoms with van der Waals surface area (Å²) in [6.07, 6.45) is 9.11. The van der Waals surface area contributed by atoms with Crippen molar-refractivity contribution in [2.24, 2.45) is 10.9 Å². The molecule has 0 bridgehead atoms. The van der Waals surface area contributed by atoms with Crippen LogP contribution in [0.15, 0.2) is 4.99 Å². The van der Waals surface area contributed by atoms with Crippen LogP contribution >= 0.6 is 0 Å². The van der Waals surface area contributed by atoms with Gasteiger partial charge < -0.3 is 15.4 Å². The minimum Gasteiger partial charge on any atom is -0.381 e. The van der Waals surface area contributed by atoms with Crippen molar-refractivity contribution in [3.05, 3.63) is 0 Å². The molecule has 1 aliphatic carbocycles. The van der Waals surface area contributed by atoms with E-state index in [9.17, 15) is 0 Å². The number of hydrogen-bond acceptors (Lipinski definition) is 3. The molecule has 5 nitrogen and oxygen atoms in total. The first kappa shape index (κ1) is 16.1. The van der Waals surface area contributed by atoms with Crippen molar-refractivity contribution in [2.75, 3.05) is 46.4 Å². The van der Waals surface area contributed by atoms with Crippen LogP contribution in [-0.2, 0) is 4.74 Å². The van der Waals surface area contributed by atoms with Gasteiger partial charge in [-0.3, -0.25) is 9.89 Å². The van der Waals surface area contributed by atoms with Crippen LogP contribution in [0.1, 0.15) is 44.9 Å². The number of nitrogens with zero attached hydrogens (tertiary/aromatic N) is 2. The Balaban J connectivity index is 1.52. The molecular formula is C17H32N4O. The molecule has 0 atom stereocenters. The Hall–Kier alpha value is -0.810. The maximum absolute atomic E-state index is 5.62. The summed E-state index contributed by atoms with van der Waals surface area (Å²) >= 11 is 0. The van der Waals surface area contributed by atoms with E-state index in [-0.39, 0.29) is 5.54 Å². The fourth-order valence-corrected chi connectivity index (χ4v) is 3.95. The molecule has 2 N–H and O–H groups in total. The summed E-state index contributed by atoms with van der Waals surface area (Å²) in [6, 6.07) is 0. The van der Waals surface area contributed by atoms with Gasteiger partial charge in [-0.2, -0.15) is 0 Å². The molecule has 2 heterocycles. The van der Waals surface area contributed by atoms with Crippen LogP contribution < -0.4 is 10.6 Å². The number of nitrogens with one attached hydrogen (secondary N) is 2. The Morgan fingerprint density at radius 1 is 1.14 bits per heavy atom. The second kappa shape index (κ2) is 7.64. The van der Waals surface area contributed by atoms with E-state index in [1.165, 1.54) is 45.2 Å². The molecule has 126 valence electrons. The molecule has 2 saturated heterocycles. The molecule has 2 aliphatic heterocycles. The number of ether oxygens (including phenoxy) is 1. The van der Waals surface area contributed by atoms with Gasteiger partial charge in [-0.25, -0.2) is 0 Å². The average Bonchev–Trinajstić information content (AvgIpc) is 3.05. The molecule has 0 amide bonds. The van der Waals surface area contributed by atoms with Gasteiger partial charge >= 0.3 is 0 Å². The average molecular weight is 308 g/mol. The molecule has 3 rings (SSSR count). The summed E-state index contributed by atoms with van der Waals surface area (Å²) in [7, 11) is 1.88. The smallest absolute Gasteiger partial charge is 0.191 e. The van der Waals surface area contributed by atoms with E-state index in [2.05, 4.69) is 20.5 Å². The third kappa shape index (κ3) is 3.74. The van der Waals surface area contributed by atoms with Crippen molar-refractivity contribution in [3.63, 3.8) is 0 Å². The Labute approximate surface area is 134 Å². The van der Waals surface area contributed by atoms with Crippen LogP contribution in [0.4, 0.5) is 0 Å². The van der Waals surface area contributed by atoms with E-state index in [0.29, 0.717) is 0 Å². The predicted octanol–water partition coefficient (Wildman–Crippen LogP) is 1.60. The first-order valence-electron chi connectivity index (χ1n) is 9.10. The predicted molar refractivity (Wildman–Crippen MR) is 90.3 cm³/mol. The first-order valence-corrected chi connectivity index (χ1v) is 9.10. The van der Waals surface area contributed by atoms with Crippen molar-refractivity contribution in [3.8, 4) is 0 Å². The van der Waals surface area contributed by atoms with Gasteiger partial charge in [0, 0.05) is 38.9 Å². The van der Waals surface area contributed by atoms with Crippen LogP contribution in [0.3, 0.4) is 0 Å². The standard InChI is InChI=1S/C17H32N4O/c1-18-16(19-13-15-5-4-6-15)20-14-17(7-11-22-12-8-17)21-9-2-3-10-21/h15H,2-14H2,1H3,(H2,18,19,20). The van der Waals surface area contributed by atoms with Crippen LogP contribution in [0.5, 0.6) is 0 Å². The van der Waals surface area contributed by atoms with Crippen LogP contribution in [0.2, 0.25) is 0 Å². The molecule has 0 aromatic carbocycles. The highest BCUT2D eigenvalue weighted by molar-refractivity contribution is 5.79. The molecule has 0 aromatic heterocycles. The summed E-state index contributed by atoms with van der Waals surface area (Å²) in [5.74, 6) is 1.83. The van der Waals surface area contributed by atoms with Gasteiger partial charge in [0.05, 0.1) is 0 Å². The van der Waals surface area contributed by atoms with Gasteiger partial charge in [-0.05, 0) is 57.5 Å². The fraction of sp³-hybridized carbons (Fsp3) is 0.941. The molecule has 3 aliphatic rings. The second-order valence-corrected chi connectivity index (χ2v) is 7.13. The van der Waals surface area contributed by atoms with Gasteiger partial charge in [0.25, 0.3) is 0 Å². The Morgan fingerprint density at radius 3 is 2.45 bits per heavy atom. The molecule has 1 saturated carbocycles. The maximum Gasteiger partial charge on any atom is 0.191 e. The van der Waals surface area contributed by atoms with Gasteiger partial charge in [-0.1, -0.05) is 6.42 Å². The van der Waals surface area contributed by atoms with E-state index < -0.39 is 0 Å². The maximum atomic E-state index is 5.62. The van der Waals surface area contributed by atoms with E-state index in [1.54, 1.807) is 0 Å². The SMILES string of the molecule is CN=C(NCC1CCC1)NCC1(N2CCCC2)CCOCC1. The third-order valence-corrected chi connectivity index (χ3v) is 5.79. The number of hydrogen-bond donors (Lipinski definition) is 2. The number of rotatable bonds is 5. The molecule has 0 spiro atoms. The van der Waals surface area contributed by atoms with E-state index in [0.717, 1.165) is 51.0 Å². The van der Waals surface area contributed by atoms with Crippen LogP contribution in [0.25, 0.3) is 0 Å². The summed E-state index contributed by atoms with van der Waals surface area (Å²) < 4.78 is 5.62. The van der Waals surface area contributed by atoms with Gasteiger partial charge in [-0.15, -0.1) is 0 Å². The Bertz CT molecular complexity index is 369. The topological polar surface area (TPSA) is 48.9 Å². The van der Waals surface area contributed by atoms with Gasteiger partial charge in [0.15, 0.2) is 5.96 Å². The normalized spacial score (nSPS) is 26.7. The van der Waals surface area contributed by atoms with E-state index in [4.69, 9.17) is 4.74 Å². The lowest BCUT2D eigenvalue weighted by atomic mass is 9.85. The molecule has 0 unspecified atom stereocenters. The third-order valence-electron chi connectivity index (χ3n) is 5.79. The van der Waals surface area contributed by atoms with Crippen molar-refractivity contribution in [2.45, 2.75) is 50.5 Å². The van der Waals surface area contributed by atoms with Crippen LogP contribution in [-0.4, -0.2) is 62.8 Å². The quantitative estimate of drug-likeness (QED) is 0.598. The second-order valence-electron chi connectivity index (χ2n) is 7.13. The molecule has 22 heavy (non-hydrogen) atoms. The minimum absolute atomic E-state index is 0.267. The summed E-state index contributed by atoms with van der Waals surface area (Å²) in [6.45, 7) is 6.34. The Morgan fingerprint density at radius 2 is 1.86 bits per heavy atom. The lowest BCUT2D eigenvalue weighted by Crippen LogP contribution is -2.58. The number of likely N-dealkylation sites (tertiary alicyclic amines) is 1. The van der Waals surface area contributed by atoms with Gasteiger partial charge in [0.1, 0.15) is 0 Å². The lowest BCUT2D eigenvalue weighted by molar-refractivity contribution is -0.0164. The molecule has 3 fully saturated rings. The molecule has 0 radical (unpaired) electrons. The largest absolute Gasteiger partial charge is 0.381 e. The molecule has 5 heteroatoms. The molecular weight excluding hydrogens is 276 g/mol. The van der Waals surface area contributed by atoms with Crippen molar-refractivity contribution < 1.29 is 4.74 Å². The summed E-state index contributed by atoms with van der Waals surface area (Å²) in [5, 5.41) is 7.11. The highest BCUT2D eigenvalue weighted by Gasteiger charge is 2.39. The summed E-state index contributed by atoms with van der Waals surface area (Å²) in [5.41, 5.74) is 0.267. The highest BCUT2D eigenvalue weighted by Crippen LogP contribution is 2.30. The van der Waals surface area contributed by atoms with Crippen molar-refractivity contribution in [1.29, 1.82) is 0 Å². The zero-order valence-corrected chi connectivity index (χ0v) is 14.1. The zero-order valence-electron chi connectivity index (χ0n) is 14.1. The summed E-state index contributed by atoms with van der Waals surface area (Å²) in [4.78, 5) is 7.10. The fourth-order valence-electron chi connectivity index (χ4n) is 3.95. The highest BCUT2D eigenvalue weighted by atomic mass is 16.5. The van der Waals surface area contributed by atoms with Crippen molar-refractivity contribution >= 4 is 5.96 Å². The van der Waals surface area contributed by atoms with Crippen LogP contribution in [0, 0.1) is 5.92 Å². The van der Waals surface area contributed by atoms with Gasteiger partial charge in [0.2, 0.25) is 0 Å². The lowest BCUT2D eigenvalue weighted by Gasteiger charge is -2.45. The van der Waals surface area contributed by atoms with Crippen molar-refractivity contribution in [1.82, 2.24) is 15.5 Å². The zero-order chi connectivity index (χ0) is 15.3. The first-order chi connectivity index (χ1) is 10.8. The minimum atomic E-state index is 0.267. The molecule has 0 aromatic rings. The monoisotopic (exact) mass is 308 g/mol. The number of aliphatic imine (C=N–C) groups is 1.